The lowest BCUT2D eigenvalue weighted by Crippen LogP contribution is -2.41. The Kier molecular flexibility index (Phi) is 5.99. The molecular formula is C20H19ClN6O4. The number of aromatic nitrogens is 3. The Balaban J connectivity index is 1.40. The second-order valence-electron chi connectivity index (χ2n) is 6.81. The highest BCUT2D eigenvalue weighted by atomic mass is 35.5. The van der Waals surface area contributed by atoms with E-state index < -0.39 is 12.0 Å². The van der Waals surface area contributed by atoms with Gasteiger partial charge >= 0.3 is 5.97 Å². The zero-order valence-electron chi connectivity index (χ0n) is 16.3. The molecule has 31 heavy (non-hydrogen) atoms. The summed E-state index contributed by atoms with van der Waals surface area (Å²) < 4.78 is 10.5. The number of esters is 1. The van der Waals surface area contributed by atoms with Crippen LogP contribution in [0.5, 0.6) is 0 Å². The van der Waals surface area contributed by atoms with Gasteiger partial charge in [-0.15, -0.1) is 0 Å². The van der Waals surface area contributed by atoms with Crippen LogP contribution in [0.1, 0.15) is 29.2 Å². The maximum absolute atomic E-state index is 12.6. The van der Waals surface area contributed by atoms with Crippen molar-refractivity contribution in [2.45, 2.75) is 25.5 Å². The molecule has 0 aliphatic carbocycles. The van der Waals surface area contributed by atoms with Gasteiger partial charge in [0.1, 0.15) is 6.04 Å². The van der Waals surface area contributed by atoms with Crippen molar-refractivity contribution < 1.29 is 18.7 Å². The fourth-order valence-corrected chi connectivity index (χ4v) is 3.38. The Hall–Kier alpha value is -3.66. The van der Waals surface area contributed by atoms with Crippen LogP contribution in [0.15, 0.2) is 47.1 Å². The predicted molar refractivity (Wildman–Crippen MR) is 112 cm³/mol. The molecular weight excluding hydrogens is 424 g/mol. The van der Waals surface area contributed by atoms with Gasteiger partial charge in [0.2, 0.25) is 11.9 Å². The number of carbonyl (C=O) groups is 2. The summed E-state index contributed by atoms with van der Waals surface area (Å²) in [6.07, 6.45) is 2.62. The Morgan fingerprint density at radius 2 is 2.03 bits per heavy atom. The molecule has 4 rings (SSSR count). The summed E-state index contributed by atoms with van der Waals surface area (Å²) >= 11 is 5.88. The van der Waals surface area contributed by atoms with E-state index in [4.69, 9.17) is 26.5 Å². The van der Waals surface area contributed by atoms with Crippen LogP contribution in [0.2, 0.25) is 5.02 Å². The zero-order valence-corrected chi connectivity index (χ0v) is 17.1. The van der Waals surface area contributed by atoms with Crippen molar-refractivity contribution in [1.29, 1.82) is 0 Å². The minimum atomic E-state index is -0.691. The van der Waals surface area contributed by atoms with Crippen molar-refractivity contribution in [3.63, 3.8) is 0 Å². The third-order valence-corrected chi connectivity index (χ3v) is 4.91. The second-order valence-corrected chi connectivity index (χ2v) is 7.24. The molecule has 0 radical (unpaired) electrons. The van der Waals surface area contributed by atoms with E-state index in [9.17, 15) is 9.59 Å². The van der Waals surface area contributed by atoms with Gasteiger partial charge in [0, 0.05) is 17.3 Å². The number of nitrogen functional groups attached to an aromatic ring is 1. The fraction of sp³-hybridized carbons (Fsp3) is 0.250. The second kappa shape index (κ2) is 9.00. The molecule has 0 spiro atoms. The molecule has 1 aliphatic heterocycles. The smallest absolute Gasteiger partial charge is 0.329 e. The highest BCUT2D eigenvalue weighted by Crippen LogP contribution is 2.22. The van der Waals surface area contributed by atoms with E-state index in [0.717, 1.165) is 0 Å². The number of benzene rings is 1. The fourth-order valence-electron chi connectivity index (χ4n) is 3.25. The first kappa shape index (κ1) is 20.6. The Morgan fingerprint density at radius 3 is 2.77 bits per heavy atom. The first-order chi connectivity index (χ1) is 15.0. The van der Waals surface area contributed by atoms with Crippen LogP contribution in [0.4, 0.5) is 17.6 Å². The number of likely N-dealkylation sites (tertiary alicyclic amines) is 1. The van der Waals surface area contributed by atoms with E-state index in [2.05, 4.69) is 20.3 Å². The van der Waals surface area contributed by atoms with Crippen LogP contribution in [0.25, 0.3) is 0 Å². The summed E-state index contributed by atoms with van der Waals surface area (Å²) in [5.41, 5.74) is 6.46. The lowest BCUT2D eigenvalue weighted by atomic mass is 10.2. The van der Waals surface area contributed by atoms with Crippen LogP contribution in [-0.4, -0.2) is 44.3 Å². The number of rotatable bonds is 6. The maximum Gasteiger partial charge on any atom is 0.329 e. The van der Waals surface area contributed by atoms with Crippen molar-refractivity contribution >= 4 is 41.1 Å². The molecule has 2 aromatic heterocycles. The number of carbonyl (C=O) groups excluding carboxylic acids is 2. The summed E-state index contributed by atoms with van der Waals surface area (Å²) in [5, 5.41) is 3.59. The van der Waals surface area contributed by atoms with Crippen molar-refractivity contribution in [1.82, 2.24) is 19.9 Å². The van der Waals surface area contributed by atoms with Crippen molar-refractivity contribution in [3.8, 4) is 0 Å². The van der Waals surface area contributed by atoms with Crippen LogP contribution in [0, 0.1) is 0 Å². The number of amides is 1. The number of furan rings is 1. The average Bonchev–Trinajstić information content (AvgIpc) is 3.45. The van der Waals surface area contributed by atoms with E-state index in [1.807, 2.05) is 0 Å². The van der Waals surface area contributed by atoms with Gasteiger partial charge in [0.05, 0.1) is 6.26 Å². The Bertz CT molecular complexity index is 1070. The molecule has 1 aliphatic rings. The maximum atomic E-state index is 12.6. The Morgan fingerprint density at radius 1 is 1.23 bits per heavy atom. The third kappa shape index (κ3) is 4.92. The molecule has 0 saturated carbocycles. The SMILES string of the molecule is Nc1nc(COC(=O)[C@H]2CCCN2C(=O)c2ccco2)nc(Nc2ccc(Cl)cc2)n1. The molecule has 3 N–H and O–H groups in total. The molecule has 1 saturated heterocycles. The van der Waals surface area contributed by atoms with E-state index in [-0.39, 0.29) is 36.0 Å². The van der Waals surface area contributed by atoms with Crippen LogP contribution < -0.4 is 11.1 Å². The van der Waals surface area contributed by atoms with E-state index in [0.29, 0.717) is 30.1 Å². The van der Waals surface area contributed by atoms with E-state index in [1.165, 1.54) is 11.2 Å². The number of hydrogen-bond donors (Lipinski definition) is 2. The van der Waals surface area contributed by atoms with Crippen LogP contribution in [-0.2, 0) is 16.1 Å². The standard InChI is InChI=1S/C20H19ClN6O4/c21-12-5-7-13(8-6-12)23-20-25-16(24-19(22)26-20)11-31-18(29)14-3-1-9-27(14)17(28)15-4-2-10-30-15/h2,4-8,10,14H,1,3,9,11H2,(H3,22,23,24,25,26)/t14-/m1/s1. The van der Waals surface area contributed by atoms with Crippen molar-refractivity contribution in [3.05, 3.63) is 59.3 Å². The molecule has 1 atom stereocenters. The number of ether oxygens (including phenoxy) is 1. The van der Waals surface area contributed by atoms with Gasteiger partial charge in [0.25, 0.3) is 5.91 Å². The highest BCUT2D eigenvalue weighted by molar-refractivity contribution is 6.30. The number of halogens is 1. The van der Waals surface area contributed by atoms with Gasteiger partial charge in [-0.2, -0.15) is 15.0 Å². The molecule has 0 bridgehead atoms. The molecule has 10 nitrogen and oxygen atoms in total. The molecule has 160 valence electrons. The topological polar surface area (TPSA) is 136 Å². The van der Waals surface area contributed by atoms with Crippen molar-refractivity contribution in [2.24, 2.45) is 0 Å². The molecule has 1 aromatic carbocycles. The molecule has 1 amide bonds. The average molecular weight is 443 g/mol. The first-order valence-corrected chi connectivity index (χ1v) is 9.91. The molecule has 3 aromatic rings. The third-order valence-electron chi connectivity index (χ3n) is 4.66. The zero-order chi connectivity index (χ0) is 21.8. The molecule has 11 heteroatoms. The lowest BCUT2D eigenvalue weighted by molar-refractivity contribution is -0.149. The number of hydrogen-bond acceptors (Lipinski definition) is 9. The minimum absolute atomic E-state index is 0.0204. The summed E-state index contributed by atoms with van der Waals surface area (Å²) in [4.78, 5) is 38.9. The van der Waals surface area contributed by atoms with Crippen LogP contribution >= 0.6 is 11.6 Å². The summed E-state index contributed by atoms with van der Waals surface area (Å²) in [5.74, 6) is -0.335. The van der Waals surface area contributed by atoms with Gasteiger partial charge in [-0.3, -0.25) is 4.79 Å². The molecule has 0 unspecified atom stereocenters. The Labute approximate surface area is 182 Å². The summed E-state index contributed by atoms with van der Waals surface area (Å²) in [6, 6.07) is 9.44. The number of nitrogens with two attached hydrogens (primary N) is 1. The van der Waals surface area contributed by atoms with Gasteiger partial charge in [-0.05, 0) is 49.2 Å². The van der Waals surface area contributed by atoms with Crippen LogP contribution in [0.3, 0.4) is 0 Å². The van der Waals surface area contributed by atoms with Gasteiger partial charge < -0.3 is 25.1 Å². The summed E-state index contributed by atoms with van der Waals surface area (Å²) in [6.45, 7) is 0.243. The van der Waals surface area contributed by atoms with E-state index >= 15 is 0 Å². The largest absolute Gasteiger partial charge is 0.459 e. The van der Waals surface area contributed by atoms with E-state index in [1.54, 1.807) is 36.4 Å². The number of nitrogens with one attached hydrogen (secondary N) is 1. The highest BCUT2D eigenvalue weighted by Gasteiger charge is 2.36. The normalized spacial score (nSPS) is 15.6. The van der Waals surface area contributed by atoms with Gasteiger partial charge in [-0.1, -0.05) is 11.6 Å². The van der Waals surface area contributed by atoms with Gasteiger partial charge in [-0.25, -0.2) is 4.79 Å². The number of nitrogens with zero attached hydrogens (tertiary/aromatic N) is 4. The lowest BCUT2D eigenvalue weighted by Gasteiger charge is -2.22. The van der Waals surface area contributed by atoms with Crippen molar-refractivity contribution in [2.75, 3.05) is 17.6 Å². The quantitative estimate of drug-likeness (QED) is 0.552. The molecule has 1 fully saturated rings. The molecule has 3 heterocycles. The minimum Gasteiger partial charge on any atom is -0.459 e. The monoisotopic (exact) mass is 442 g/mol. The predicted octanol–water partition coefficient (Wildman–Crippen LogP) is 2.79. The first-order valence-electron chi connectivity index (χ1n) is 9.54. The number of anilines is 3. The van der Waals surface area contributed by atoms with Gasteiger partial charge in [0.15, 0.2) is 18.2 Å². The summed E-state index contributed by atoms with van der Waals surface area (Å²) in [7, 11) is 0.